The Morgan fingerprint density at radius 1 is 1.09 bits per heavy atom. The lowest BCUT2D eigenvalue weighted by Gasteiger charge is -2.10. The number of nitrogens with zero attached hydrogens (tertiary/aromatic N) is 4. The number of hydrogen-bond donors (Lipinski definition) is 1. The first-order valence-electron chi connectivity index (χ1n) is 10.5. The van der Waals surface area contributed by atoms with Gasteiger partial charge < -0.3 is 5.32 Å². The Morgan fingerprint density at radius 2 is 1.89 bits per heavy atom. The molecule has 1 amide bonds. The van der Waals surface area contributed by atoms with Gasteiger partial charge >= 0.3 is 6.18 Å². The monoisotopic (exact) mass is 515 g/mol. The smallest absolute Gasteiger partial charge is 0.346 e. The molecule has 0 saturated carbocycles. The lowest BCUT2D eigenvalue weighted by atomic mass is 10.1. The highest BCUT2D eigenvalue weighted by molar-refractivity contribution is 7.09. The second-order valence-electron chi connectivity index (χ2n) is 7.76. The first-order valence-corrected chi connectivity index (χ1v) is 11.7. The molecule has 1 aromatic carbocycles. The van der Waals surface area contributed by atoms with Crippen molar-refractivity contribution in [2.75, 3.05) is 0 Å². The van der Waals surface area contributed by atoms with Crippen molar-refractivity contribution in [2.24, 2.45) is 0 Å². The minimum Gasteiger partial charge on any atom is -0.346 e. The number of hydrogen-bond acceptors (Lipinski definition) is 4. The van der Waals surface area contributed by atoms with E-state index in [2.05, 4.69) is 15.4 Å². The Labute approximate surface area is 206 Å². The molecule has 0 aliphatic rings. The summed E-state index contributed by atoms with van der Waals surface area (Å²) >= 11 is 7.81. The van der Waals surface area contributed by atoms with Gasteiger partial charge in [-0.1, -0.05) is 48.0 Å². The molecule has 4 heterocycles. The number of aromatic nitrogens is 4. The summed E-state index contributed by atoms with van der Waals surface area (Å²) in [4.78, 5) is 17.5. The predicted molar refractivity (Wildman–Crippen MR) is 127 cm³/mol. The zero-order valence-corrected chi connectivity index (χ0v) is 19.5. The SMILES string of the molecule is O=C(NCc1cccs1)c1nc2c(C(F)(F)F)cc(-c3cnn(Cc4ccccc4)c3)cn2c1Cl. The maximum absolute atomic E-state index is 14.0. The Hall–Kier alpha value is -3.63. The molecule has 0 atom stereocenters. The highest BCUT2D eigenvalue weighted by Gasteiger charge is 2.36. The van der Waals surface area contributed by atoms with Crippen LogP contribution in [0.4, 0.5) is 13.2 Å². The maximum atomic E-state index is 14.0. The predicted octanol–water partition coefficient (Wildman–Crippen LogP) is 5.91. The summed E-state index contributed by atoms with van der Waals surface area (Å²) in [6, 6.07) is 14.2. The van der Waals surface area contributed by atoms with Crippen molar-refractivity contribution in [1.29, 1.82) is 0 Å². The fraction of sp³-hybridized carbons (Fsp3) is 0.125. The van der Waals surface area contributed by atoms with Gasteiger partial charge in [0.2, 0.25) is 0 Å². The molecule has 0 bridgehead atoms. The largest absolute Gasteiger partial charge is 0.420 e. The average Bonchev–Trinajstić information content (AvgIpc) is 3.58. The molecule has 0 unspecified atom stereocenters. The Kier molecular flexibility index (Phi) is 6.08. The molecule has 11 heteroatoms. The van der Waals surface area contributed by atoms with E-state index < -0.39 is 23.3 Å². The van der Waals surface area contributed by atoms with Crippen LogP contribution in [0.2, 0.25) is 5.15 Å². The molecule has 1 N–H and O–H groups in total. The van der Waals surface area contributed by atoms with Gasteiger partial charge in [0.1, 0.15) is 5.15 Å². The van der Waals surface area contributed by atoms with Gasteiger partial charge in [-0.3, -0.25) is 13.9 Å². The first-order chi connectivity index (χ1) is 16.8. The van der Waals surface area contributed by atoms with Gasteiger partial charge in [-0.2, -0.15) is 18.3 Å². The summed E-state index contributed by atoms with van der Waals surface area (Å²) < 4.78 is 44.6. The molecular formula is C24H17ClF3N5OS. The minimum absolute atomic E-state index is 0.201. The third kappa shape index (κ3) is 4.80. The van der Waals surface area contributed by atoms with Crippen LogP contribution in [0.15, 0.2) is 72.5 Å². The van der Waals surface area contributed by atoms with E-state index in [-0.39, 0.29) is 23.0 Å². The number of rotatable bonds is 6. The Bertz CT molecular complexity index is 1490. The summed E-state index contributed by atoms with van der Waals surface area (Å²) in [6.07, 6.45) is -0.131. The summed E-state index contributed by atoms with van der Waals surface area (Å²) in [5, 5.41) is 8.59. The lowest BCUT2D eigenvalue weighted by Crippen LogP contribution is -2.23. The molecule has 178 valence electrons. The lowest BCUT2D eigenvalue weighted by molar-refractivity contribution is -0.136. The molecule has 0 spiro atoms. The van der Waals surface area contributed by atoms with Crippen LogP contribution in [0.3, 0.4) is 0 Å². The number of imidazole rings is 1. The number of benzene rings is 1. The van der Waals surface area contributed by atoms with Crippen molar-refractivity contribution in [2.45, 2.75) is 19.3 Å². The van der Waals surface area contributed by atoms with Gasteiger partial charge in [0.15, 0.2) is 11.3 Å². The number of carbonyl (C=O) groups excluding carboxylic acids is 1. The van der Waals surface area contributed by atoms with E-state index in [1.807, 2.05) is 47.8 Å². The highest BCUT2D eigenvalue weighted by atomic mass is 35.5. The molecule has 0 saturated heterocycles. The van der Waals surface area contributed by atoms with Crippen LogP contribution in [0.25, 0.3) is 16.8 Å². The van der Waals surface area contributed by atoms with Crippen LogP contribution < -0.4 is 5.32 Å². The van der Waals surface area contributed by atoms with Crippen LogP contribution in [0.1, 0.15) is 26.5 Å². The van der Waals surface area contributed by atoms with E-state index in [9.17, 15) is 18.0 Å². The number of carbonyl (C=O) groups is 1. The van der Waals surface area contributed by atoms with Crippen LogP contribution >= 0.6 is 22.9 Å². The second kappa shape index (κ2) is 9.20. The van der Waals surface area contributed by atoms with Gasteiger partial charge in [0.05, 0.1) is 24.8 Å². The van der Waals surface area contributed by atoms with Gasteiger partial charge in [0, 0.05) is 28.4 Å². The van der Waals surface area contributed by atoms with E-state index in [0.29, 0.717) is 12.1 Å². The summed E-state index contributed by atoms with van der Waals surface area (Å²) in [5.41, 5.74) is 0.0140. The van der Waals surface area contributed by atoms with Crippen molar-refractivity contribution in [3.8, 4) is 11.1 Å². The second-order valence-corrected chi connectivity index (χ2v) is 9.15. The minimum atomic E-state index is -4.71. The maximum Gasteiger partial charge on any atom is 0.420 e. The normalized spacial score (nSPS) is 11.8. The molecule has 0 aliphatic heterocycles. The summed E-state index contributed by atoms with van der Waals surface area (Å²) in [5.74, 6) is -0.655. The van der Waals surface area contributed by atoms with Gasteiger partial charge in [-0.25, -0.2) is 4.98 Å². The molecule has 4 aromatic heterocycles. The molecule has 0 radical (unpaired) electrons. The molecule has 5 rings (SSSR count). The number of alkyl halides is 3. The number of halogens is 4. The molecule has 0 aliphatic carbocycles. The fourth-order valence-electron chi connectivity index (χ4n) is 3.66. The molecule has 6 nitrogen and oxygen atoms in total. The summed E-state index contributed by atoms with van der Waals surface area (Å²) in [6.45, 7) is 0.689. The molecule has 5 aromatic rings. The van der Waals surface area contributed by atoms with Crippen molar-refractivity contribution >= 4 is 34.5 Å². The van der Waals surface area contributed by atoms with Crippen LogP contribution in [0, 0.1) is 0 Å². The van der Waals surface area contributed by atoms with Gasteiger partial charge in [-0.05, 0) is 23.1 Å². The number of pyridine rings is 1. The number of nitrogens with one attached hydrogen (secondary N) is 1. The van der Waals surface area contributed by atoms with Crippen molar-refractivity contribution < 1.29 is 18.0 Å². The third-order valence-electron chi connectivity index (χ3n) is 5.34. The van der Waals surface area contributed by atoms with Crippen molar-refractivity contribution in [1.82, 2.24) is 24.5 Å². The number of fused-ring (bicyclic) bond motifs is 1. The molecule has 0 fully saturated rings. The highest BCUT2D eigenvalue weighted by Crippen LogP contribution is 2.37. The Balaban J connectivity index is 1.51. The average molecular weight is 516 g/mol. The standard InChI is InChI=1S/C24H17ClF3N5OS/c25-21-20(23(34)29-11-18-7-4-8-35-18)31-22-19(24(26,27)28)9-16(14-33(21)22)17-10-30-32(13-17)12-15-5-2-1-3-6-15/h1-10,13-14H,11-12H2,(H,29,34). The zero-order chi connectivity index (χ0) is 24.6. The van der Waals surface area contributed by atoms with Gasteiger partial charge in [0.25, 0.3) is 5.91 Å². The topological polar surface area (TPSA) is 64.2 Å². The molecule has 35 heavy (non-hydrogen) atoms. The van der Waals surface area contributed by atoms with Gasteiger partial charge in [-0.15, -0.1) is 11.3 Å². The van der Waals surface area contributed by atoms with E-state index in [0.717, 1.165) is 20.9 Å². The number of amides is 1. The van der Waals surface area contributed by atoms with E-state index in [4.69, 9.17) is 11.6 Å². The summed E-state index contributed by atoms with van der Waals surface area (Å²) in [7, 11) is 0. The molecular weight excluding hydrogens is 499 g/mol. The van der Waals surface area contributed by atoms with E-state index in [1.54, 1.807) is 10.9 Å². The van der Waals surface area contributed by atoms with Crippen LogP contribution in [-0.4, -0.2) is 25.1 Å². The Morgan fingerprint density at radius 3 is 2.60 bits per heavy atom. The number of thiophene rings is 1. The third-order valence-corrected chi connectivity index (χ3v) is 6.58. The first kappa shape index (κ1) is 23.1. The van der Waals surface area contributed by atoms with Crippen LogP contribution in [-0.2, 0) is 19.3 Å². The quantitative estimate of drug-likeness (QED) is 0.306. The van der Waals surface area contributed by atoms with E-state index >= 15 is 0 Å². The van der Waals surface area contributed by atoms with Crippen molar-refractivity contribution in [3.05, 3.63) is 99.4 Å². The van der Waals surface area contributed by atoms with Crippen molar-refractivity contribution in [3.63, 3.8) is 0 Å². The van der Waals surface area contributed by atoms with Crippen LogP contribution in [0.5, 0.6) is 0 Å². The zero-order valence-electron chi connectivity index (χ0n) is 18.0. The van der Waals surface area contributed by atoms with E-state index in [1.165, 1.54) is 23.7 Å². The fourth-order valence-corrected chi connectivity index (χ4v) is 4.56.